The first-order valence-corrected chi connectivity index (χ1v) is 5.43. The second-order valence-electron chi connectivity index (χ2n) is 5.14. The van der Waals surface area contributed by atoms with Gasteiger partial charge in [-0.15, -0.1) is 0 Å². The molecule has 2 rings (SSSR count). The summed E-state index contributed by atoms with van der Waals surface area (Å²) in [5.74, 6) is 0.726. The first-order valence-electron chi connectivity index (χ1n) is 5.43. The molecule has 0 aromatic carbocycles. The second-order valence-corrected chi connectivity index (χ2v) is 5.14. The van der Waals surface area contributed by atoms with E-state index in [9.17, 15) is 4.79 Å². The van der Waals surface area contributed by atoms with E-state index in [0.717, 1.165) is 19.6 Å². The molecule has 1 heterocycles. The lowest BCUT2D eigenvalue weighted by Gasteiger charge is -2.23. The van der Waals surface area contributed by atoms with Crippen molar-refractivity contribution in [3.8, 4) is 0 Å². The molecule has 80 valence electrons. The van der Waals surface area contributed by atoms with Crippen molar-refractivity contribution < 1.29 is 9.53 Å². The predicted molar refractivity (Wildman–Crippen MR) is 54.1 cm³/mol. The molecule has 0 amide bonds. The number of carbonyl (C=O) groups is 1. The molecule has 2 unspecified atom stereocenters. The fourth-order valence-corrected chi connectivity index (χ4v) is 2.15. The van der Waals surface area contributed by atoms with Crippen molar-refractivity contribution in [2.24, 2.45) is 11.3 Å². The Kier molecular flexibility index (Phi) is 2.62. The zero-order valence-corrected chi connectivity index (χ0v) is 9.01. The summed E-state index contributed by atoms with van der Waals surface area (Å²) in [6, 6.07) is 0.257. The van der Waals surface area contributed by atoms with Crippen molar-refractivity contribution in [1.29, 1.82) is 0 Å². The minimum Gasteiger partial charge on any atom is -0.379 e. The Balaban J connectivity index is 1.77. The molecule has 14 heavy (non-hydrogen) atoms. The Morgan fingerprint density at radius 1 is 1.57 bits per heavy atom. The van der Waals surface area contributed by atoms with E-state index in [2.05, 4.69) is 19.2 Å². The van der Waals surface area contributed by atoms with Gasteiger partial charge in [-0.1, -0.05) is 13.8 Å². The number of rotatable bonds is 3. The molecule has 1 aliphatic carbocycles. The van der Waals surface area contributed by atoms with Gasteiger partial charge in [-0.25, -0.2) is 0 Å². The summed E-state index contributed by atoms with van der Waals surface area (Å²) in [4.78, 5) is 11.8. The second kappa shape index (κ2) is 3.63. The molecule has 3 heteroatoms. The number of ketones is 1. The van der Waals surface area contributed by atoms with Gasteiger partial charge in [0.05, 0.1) is 13.2 Å². The van der Waals surface area contributed by atoms with E-state index in [-0.39, 0.29) is 11.5 Å². The molecular weight excluding hydrogens is 178 g/mol. The molecular formula is C11H19NO2. The Labute approximate surface area is 85.2 Å². The summed E-state index contributed by atoms with van der Waals surface area (Å²) in [6.07, 6.45) is 1.72. The SMILES string of the molecule is CC1(C)CC1C(=O)CC1COCCN1. The van der Waals surface area contributed by atoms with Crippen LogP contribution < -0.4 is 5.32 Å². The van der Waals surface area contributed by atoms with Gasteiger partial charge in [0.2, 0.25) is 0 Å². The van der Waals surface area contributed by atoms with Gasteiger partial charge in [0.1, 0.15) is 5.78 Å². The van der Waals surface area contributed by atoms with Crippen LogP contribution in [0.5, 0.6) is 0 Å². The summed E-state index contributed by atoms with van der Waals surface area (Å²) in [7, 11) is 0. The molecule has 1 saturated heterocycles. The molecule has 0 aromatic heterocycles. The maximum atomic E-state index is 11.8. The molecule has 0 spiro atoms. The lowest BCUT2D eigenvalue weighted by atomic mass is 10.0. The number of ether oxygens (including phenoxy) is 1. The molecule has 0 radical (unpaired) electrons. The Bertz CT molecular complexity index is 231. The van der Waals surface area contributed by atoms with Gasteiger partial charge in [-0.3, -0.25) is 4.79 Å². The van der Waals surface area contributed by atoms with Crippen molar-refractivity contribution in [1.82, 2.24) is 5.32 Å². The maximum absolute atomic E-state index is 11.8. The normalized spacial score (nSPS) is 35.3. The Morgan fingerprint density at radius 2 is 2.29 bits per heavy atom. The zero-order chi connectivity index (χ0) is 10.2. The summed E-state index contributed by atoms with van der Waals surface area (Å²) in [5, 5.41) is 3.31. The van der Waals surface area contributed by atoms with Crippen LogP contribution in [0.3, 0.4) is 0 Å². The number of hydrogen-bond acceptors (Lipinski definition) is 3. The van der Waals surface area contributed by atoms with E-state index < -0.39 is 0 Å². The zero-order valence-electron chi connectivity index (χ0n) is 9.01. The first kappa shape index (κ1) is 10.1. The summed E-state index contributed by atoms with van der Waals surface area (Å²) in [6.45, 7) is 6.69. The van der Waals surface area contributed by atoms with Gasteiger partial charge >= 0.3 is 0 Å². The van der Waals surface area contributed by atoms with Gasteiger partial charge in [-0.05, 0) is 11.8 Å². The third-order valence-corrected chi connectivity index (χ3v) is 3.35. The molecule has 1 saturated carbocycles. The third-order valence-electron chi connectivity index (χ3n) is 3.35. The molecule has 2 aliphatic rings. The first-order chi connectivity index (χ1) is 6.59. The van der Waals surface area contributed by atoms with Crippen molar-refractivity contribution in [2.45, 2.75) is 32.7 Å². The Morgan fingerprint density at radius 3 is 2.79 bits per heavy atom. The van der Waals surface area contributed by atoms with Crippen LogP contribution in [-0.4, -0.2) is 31.6 Å². The highest BCUT2D eigenvalue weighted by molar-refractivity contribution is 5.85. The fraction of sp³-hybridized carbons (Fsp3) is 0.909. The van der Waals surface area contributed by atoms with Gasteiger partial charge in [-0.2, -0.15) is 0 Å². The van der Waals surface area contributed by atoms with Crippen LogP contribution in [0.25, 0.3) is 0 Å². The summed E-state index contributed by atoms with van der Waals surface area (Å²) in [5.41, 5.74) is 0.270. The predicted octanol–water partition coefficient (Wildman–Crippen LogP) is 0.980. The highest BCUT2D eigenvalue weighted by atomic mass is 16.5. The summed E-state index contributed by atoms with van der Waals surface area (Å²) < 4.78 is 5.32. The van der Waals surface area contributed by atoms with Crippen LogP contribution in [0.15, 0.2) is 0 Å². The largest absolute Gasteiger partial charge is 0.379 e. The highest BCUT2D eigenvalue weighted by Gasteiger charge is 2.50. The van der Waals surface area contributed by atoms with Crippen LogP contribution in [0.1, 0.15) is 26.7 Å². The Hall–Kier alpha value is -0.410. The van der Waals surface area contributed by atoms with Crippen molar-refractivity contribution in [2.75, 3.05) is 19.8 Å². The van der Waals surface area contributed by atoms with E-state index in [1.54, 1.807) is 0 Å². The molecule has 1 aliphatic heterocycles. The van der Waals surface area contributed by atoms with Crippen molar-refractivity contribution in [3.63, 3.8) is 0 Å². The summed E-state index contributed by atoms with van der Waals surface area (Å²) >= 11 is 0. The smallest absolute Gasteiger partial charge is 0.138 e. The van der Waals surface area contributed by atoms with Crippen molar-refractivity contribution in [3.05, 3.63) is 0 Å². The third kappa shape index (κ3) is 2.15. The monoisotopic (exact) mass is 197 g/mol. The van der Waals surface area contributed by atoms with Crippen LogP contribution in [0.4, 0.5) is 0 Å². The lowest BCUT2D eigenvalue weighted by Crippen LogP contribution is -2.42. The molecule has 1 N–H and O–H groups in total. The number of nitrogens with one attached hydrogen (secondary N) is 1. The lowest BCUT2D eigenvalue weighted by molar-refractivity contribution is -0.122. The fourth-order valence-electron chi connectivity index (χ4n) is 2.15. The van der Waals surface area contributed by atoms with E-state index in [0.29, 0.717) is 24.7 Å². The standard InChI is InChI=1S/C11H19NO2/c1-11(2)6-9(11)10(13)5-8-7-14-4-3-12-8/h8-9,12H,3-7H2,1-2H3. The van der Waals surface area contributed by atoms with E-state index in [1.807, 2.05) is 0 Å². The van der Waals surface area contributed by atoms with Gasteiger partial charge in [0.25, 0.3) is 0 Å². The number of carbonyl (C=O) groups excluding carboxylic acids is 1. The van der Waals surface area contributed by atoms with E-state index in [1.165, 1.54) is 0 Å². The van der Waals surface area contributed by atoms with Crippen LogP contribution >= 0.6 is 0 Å². The minimum absolute atomic E-state index is 0.257. The number of morpholine rings is 1. The highest BCUT2D eigenvalue weighted by Crippen LogP contribution is 2.52. The molecule has 3 nitrogen and oxygen atoms in total. The minimum atomic E-state index is 0.257. The maximum Gasteiger partial charge on any atom is 0.138 e. The quantitative estimate of drug-likeness (QED) is 0.733. The van der Waals surface area contributed by atoms with Gasteiger partial charge < -0.3 is 10.1 Å². The average Bonchev–Trinajstić information content (AvgIpc) is 2.77. The van der Waals surface area contributed by atoms with Crippen LogP contribution in [-0.2, 0) is 9.53 Å². The average molecular weight is 197 g/mol. The van der Waals surface area contributed by atoms with E-state index >= 15 is 0 Å². The van der Waals surface area contributed by atoms with E-state index in [4.69, 9.17) is 4.74 Å². The van der Waals surface area contributed by atoms with Gasteiger partial charge in [0.15, 0.2) is 0 Å². The van der Waals surface area contributed by atoms with Crippen LogP contribution in [0.2, 0.25) is 0 Å². The molecule has 2 fully saturated rings. The molecule has 0 bridgehead atoms. The van der Waals surface area contributed by atoms with Gasteiger partial charge in [0, 0.05) is 24.9 Å². The molecule has 2 atom stereocenters. The number of hydrogen-bond donors (Lipinski definition) is 1. The van der Waals surface area contributed by atoms with Crippen LogP contribution in [0, 0.1) is 11.3 Å². The topological polar surface area (TPSA) is 38.3 Å². The molecule has 0 aromatic rings. The van der Waals surface area contributed by atoms with Crippen molar-refractivity contribution >= 4 is 5.78 Å². The number of Topliss-reactive ketones (excluding diaryl/α,β-unsaturated/α-hetero) is 1.